The molecule has 0 radical (unpaired) electrons. The van der Waals surface area contributed by atoms with Crippen molar-refractivity contribution < 1.29 is 4.39 Å². The average Bonchev–Trinajstić information content (AvgIpc) is 2.18. The number of rotatable bonds is 0. The van der Waals surface area contributed by atoms with Crippen LogP contribution in [0.4, 0.5) is 4.39 Å². The van der Waals surface area contributed by atoms with E-state index in [2.05, 4.69) is 0 Å². The third-order valence-electron chi connectivity index (χ3n) is 3.10. The van der Waals surface area contributed by atoms with Crippen LogP contribution in [-0.2, 0) is 0 Å². The van der Waals surface area contributed by atoms with Gasteiger partial charge in [0.2, 0.25) is 0 Å². The fraction of sp³-hybridized carbons (Fsp3) is 1.00. The summed E-state index contributed by atoms with van der Waals surface area (Å²) in [5.74, 6) is 0. The monoisotopic (exact) mass is 220 g/mol. The van der Waals surface area contributed by atoms with Gasteiger partial charge in [0.15, 0.2) is 0 Å². The Morgan fingerprint density at radius 1 is 0.714 bits per heavy atom. The van der Waals surface area contributed by atoms with E-state index in [1.54, 1.807) is 0 Å². The molecule has 0 bridgehead atoms. The third kappa shape index (κ3) is 5.19. The highest BCUT2D eigenvalue weighted by molar-refractivity contribution is 6.21. The molecule has 1 rings (SSSR count). The zero-order valence-electron chi connectivity index (χ0n) is 8.98. The zero-order chi connectivity index (χ0) is 10.2. The van der Waals surface area contributed by atoms with Gasteiger partial charge in [-0.25, -0.2) is 4.39 Å². The topological polar surface area (TPSA) is 0 Å². The summed E-state index contributed by atoms with van der Waals surface area (Å²) in [6.45, 7) is 0. The maximum atomic E-state index is 13.4. The number of hydrogen-bond donors (Lipinski definition) is 0. The van der Waals surface area contributed by atoms with Crippen LogP contribution >= 0.6 is 11.6 Å². The lowest BCUT2D eigenvalue weighted by Crippen LogP contribution is -2.16. The van der Waals surface area contributed by atoms with Crippen LogP contribution in [-0.4, -0.2) is 11.5 Å². The molecular formula is C12H22ClF. The van der Waals surface area contributed by atoms with E-state index < -0.39 is 6.17 Å². The Kier molecular flexibility index (Phi) is 6.59. The summed E-state index contributed by atoms with van der Waals surface area (Å²) in [5.41, 5.74) is 0. The Morgan fingerprint density at radius 3 is 1.71 bits per heavy atom. The van der Waals surface area contributed by atoms with Crippen molar-refractivity contribution in [1.82, 2.24) is 0 Å². The fourth-order valence-electron chi connectivity index (χ4n) is 2.10. The van der Waals surface area contributed by atoms with Gasteiger partial charge in [-0.15, -0.1) is 11.6 Å². The molecular weight excluding hydrogens is 199 g/mol. The molecule has 0 unspecified atom stereocenters. The predicted molar refractivity (Wildman–Crippen MR) is 60.7 cm³/mol. The molecule has 1 fully saturated rings. The highest BCUT2D eigenvalue weighted by Crippen LogP contribution is 2.22. The van der Waals surface area contributed by atoms with Crippen molar-refractivity contribution in [3.8, 4) is 0 Å². The number of alkyl halides is 2. The van der Waals surface area contributed by atoms with Crippen LogP contribution in [0.15, 0.2) is 0 Å². The van der Waals surface area contributed by atoms with Crippen molar-refractivity contribution >= 4 is 11.6 Å². The second kappa shape index (κ2) is 7.50. The smallest absolute Gasteiger partial charge is 0.116 e. The van der Waals surface area contributed by atoms with Crippen molar-refractivity contribution in [3.63, 3.8) is 0 Å². The summed E-state index contributed by atoms with van der Waals surface area (Å²) in [7, 11) is 0. The Balaban J connectivity index is 2.23. The summed E-state index contributed by atoms with van der Waals surface area (Å²) in [6, 6.07) is 0. The van der Waals surface area contributed by atoms with E-state index in [0.717, 1.165) is 19.3 Å². The molecule has 0 aromatic carbocycles. The maximum Gasteiger partial charge on any atom is 0.116 e. The molecule has 1 aliphatic carbocycles. The maximum absolute atomic E-state index is 13.4. The van der Waals surface area contributed by atoms with Crippen molar-refractivity contribution in [2.24, 2.45) is 0 Å². The molecule has 1 saturated carbocycles. The van der Waals surface area contributed by atoms with Crippen molar-refractivity contribution in [2.75, 3.05) is 0 Å². The lowest BCUT2D eigenvalue weighted by molar-refractivity contribution is 0.282. The van der Waals surface area contributed by atoms with Gasteiger partial charge in [0.05, 0.1) is 5.38 Å². The molecule has 14 heavy (non-hydrogen) atoms. The van der Waals surface area contributed by atoms with Crippen LogP contribution in [0.25, 0.3) is 0 Å². The average molecular weight is 221 g/mol. The van der Waals surface area contributed by atoms with Gasteiger partial charge in [-0.2, -0.15) is 0 Å². The van der Waals surface area contributed by atoms with Gasteiger partial charge in [-0.3, -0.25) is 0 Å². The zero-order valence-corrected chi connectivity index (χ0v) is 9.74. The minimum Gasteiger partial charge on any atom is -0.246 e. The van der Waals surface area contributed by atoms with E-state index >= 15 is 0 Å². The Bertz CT molecular complexity index is 122. The van der Waals surface area contributed by atoms with Gasteiger partial charge < -0.3 is 0 Å². The van der Waals surface area contributed by atoms with Gasteiger partial charge in [0, 0.05) is 0 Å². The lowest BCUT2D eigenvalue weighted by atomic mass is 10.00. The van der Waals surface area contributed by atoms with E-state index in [-0.39, 0.29) is 5.38 Å². The predicted octanol–water partition coefficient (Wildman–Crippen LogP) is 4.85. The molecule has 1 aliphatic rings. The summed E-state index contributed by atoms with van der Waals surface area (Å²) >= 11 is 5.99. The van der Waals surface area contributed by atoms with Crippen LogP contribution in [0.1, 0.15) is 64.2 Å². The largest absolute Gasteiger partial charge is 0.246 e. The minimum atomic E-state index is -0.768. The molecule has 84 valence electrons. The normalized spacial score (nSPS) is 33.0. The Labute approximate surface area is 92.2 Å². The summed E-state index contributed by atoms with van der Waals surface area (Å²) in [4.78, 5) is 0. The number of halogens is 2. The van der Waals surface area contributed by atoms with Gasteiger partial charge >= 0.3 is 0 Å². The minimum absolute atomic E-state index is 0.227. The van der Waals surface area contributed by atoms with E-state index in [9.17, 15) is 4.39 Å². The lowest BCUT2D eigenvalue weighted by Gasteiger charge is -2.15. The first kappa shape index (κ1) is 12.3. The molecule has 0 spiro atoms. The van der Waals surface area contributed by atoms with Crippen LogP contribution < -0.4 is 0 Å². The molecule has 0 aliphatic heterocycles. The second-order valence-electron chi connectivity index (χ2n) is 4.44. The van der Waals surface area contributed by atoms with Gasteiger partial charge in [-0.05, 0) is 12.8 Å². The highest BCUT2D eigenvalue weighted by Gasteiger charge is 2.17. The summed E-state index contributed by atoms with van der Waals surface area (Å²) in [5, 5.41) is -0.227. The molecule has 0 aromatic rings. The first-order chi connectivity index (χ1) is 6.80. The molecule has 0 heterocycles. The van der Waals surface area contributed by atoms with E-state index in [1.807, 2.05) is 0 Å². The van der Waals surface area contributed by atoms with Crippen LogP contribution in [0.3, 0.4) is 0 Å². The molecule has 0 amide bonds. The SMILES string of the molecule is F[C@@H]1CCCCCCCCCC[C@@H]1Cl. The van der Waals surface area contributed by atoms with Crippen LogP contribution in [0.2, 0.25) is 0 Å². The summed E-state index contributed by atoms with van der Waals surface area (Å²) < 4.78 is 13.4. The molecule has 0 N–H and O–H groups in total. The Hall–Kier alpha value is 0.220. The van der Waals surface area contributed by atoms with Gasteiger partial charge in [-0.1, -0.05) is 51.4 Å². The molecule has 2 atom stereocenters. The second-order valence-corrected chi connectivity index (χ2v) is 5.00. The first-order valence-electron chi connectivity index (χ1n) is 6.09. The Morgan fingerprint density at radius 2 is 1.14 bits per heavy atom. The molecule has 0 nitrogen and oxygen atoms in total. The summed E-state index contributed by atoms with van der Waals surface area (Å²) in [6.07, 6.45) is 10.6. The fourth-order valence-corrected chi connectivity index (χ4v) is 2.38. The first-order valence-corrected chi connectivity index (χ1v) is 6.52. The molecule has 2 heteroatoms. The van der Waals surface area contributed by atoms with E-state index in [4.69, 9.17) is 11.6 Å². The molecule has 0 aromatic heterocycles. The van der Waals surface area contributed by atoms with E-state index in [1.165, 1.54) is 38.5 Å². The van der Waals surface area contributed by atoms with Gasteiger partial charge in [0.1, 0.15) is 6.17 Å². The van der Waals surface area contributed by atoms with Gasteiger partial charge in [0.25, 0.3) is 0 Å². The number of hydrogen-bond acceptors (Lipinski definition) is 0. The quantitative estimate of drug-likeness (QED) is 0.512. The molecule has 0 saturated heterocycles. The van der Waals surface area contributed by atoms with Crippen molar-refractivity contribution in [2.45, 2.75) is 75.8 Å². The van der Waals surface area contributed by atoms with Crippen molar-refractivity contribution in [3.05, 3.63) is 0 Å². The standard InChI is InChI=1S/C12H22ClF/c13-11-9-7-5-3-1-2-4-6-8-10-12(11)14/h11-12H,1-10H2/t11-,12+/m0/s1. The highest BCUT2D eigenvalue weighted by atomic mass is 35.5. The van der Waals surface area contributed by atoms with Crippen LogP contribution in [0.5, 0.6) is 0 Å². The van der Waals surface area contributed by atoms with Crippen LogP contribution in [0, 0.1) is 0 Å². The van der Waals surface area contributed by atoms with E-state index in [0.29, 0.717) is 6.42 Å². The third-order valence-corrected chi connectivity index (χ3v) is 3.59. The van der Waals surface area contributed by atoms with Crippen molar-refractivity contribution in [1.29, 1.82) is 0 Å².